The van der Waals surface area contributed by atoms with Crippen LogP contribution in [0.1, 0.15) is 25.1 Å². The zero-order valence-electron chi connectivity index (χ0n) is 12.2. The van der Waals surface area contributed by atoms with Crippen molar-refractivity contribution < 1.29 is 13.2 Å². The molecule has 0 amide bonds. The van der Waals surface area contributed by atoms with Crippen LogP contribution in [0.4, 0.5) is 13.2 Å². The Morgan fingerprint density at radius 1 is 1.45 bits per heavy atom. The summed E-state index contributed by atoms with van der Waals surface area (Å²) in [4.78, 5) is 0. The van der Waals surface area contributed by atoms with Crippen molar-refractivity contribution >= 4 is 31.9 Å². The SMILES string of the molecule is C#CCn1ccc(C[C@@H]2[C@H](C=C(Br)Br)C2(C)C)c1C(F)(F)F. The lowest BCUT2D eigenvalue weighted by molar-refractivity contribution is -0.143. The molecule has 0 saturated heterocycles. The second-order valence-corrected chi connectivity index (χ2v) is 8.91. The quantitative estimate of drug-likeness (QED) is 0.540. The number of halogens is 5. The molecule has 1 heterocycles. The largest absolute Gasteiger partial charge is 0.431 e. The third-order valence-electron chi connectivity index (χ3n) is 4.46. The van der Waals surface area contributed by atoms with Crippen LogP contribution in [0.25, 0.3) is 0 Å². The minimum absolute atomic E-state index is 0.0100. The normalized spacial score (nSPS) is 23.0. The molecule has 2 rings (SSSR count). The Morgan fingerprint density at radius 3 is 2.59 bits per heavy atom. The number of nitrogens with zero attached hydrogens (tertiary/aromatic N) is 1. The maximum absolute atomic E-state index is 13.3. The molecular weight excluding hydrogens is 423 g/mol. The Kier molecular flexibility index (Phi) is 4.89. The minimum atomic E-state index is -4.39. The predicted molar refractivity (Wildman–Crippen MR) is 88.7 cm³/mol. The number of rotatable bonds is 4. The molecule has 0 aromatic carbocycles. The Hall–Kier alpha value is -0.670. The van der Waals surface area contributed by atoms with E-state index < -0.39 is 11.9 Å². The Bertz CT molecular complexity index is 631. The van der Waals surface area contributed by atoms with E-state index >= 15 is 0 Å². The molecule has 2 atom stereocenters. The molecule has 1 fully saturated rings. The van der Waals surface area contributed by atoms with E-state index in [1.165, 1.54) is 6.20 Å². The topological polar surface area (TPSA) is 4.93 Å². The number of alkyl halides is 3. The molecule has 1 nitrogen and oxygen atoms in total. The monoisotopic (exact) mass is 437 g/mol. The number of terminal acetylenes is 1. The Morgan fingerprint density at radius 2 is 2.09 bits per heavy atom. The van der Waals surface area contributed by atoms with Gasteiger partial charge in [0.1, 0.15) is 5.69 Å². The van der Waals surface area contributed by atoms with E-state index in [4.69, 9.17) is 6.42 Å². The number of aromatic nitrogens is 1. The van der Waals surface area contributed by atoms with E-state index in [0.717, 1.165) is 7.96 Å². The summed E-state index contributed by atoms with van der Waals surface area (Å²) < 4.78 is 41.9. The minimum Gasteiger partial charge on any atom is -0.332 e. The van der Waals surface area contributed by atoms with Crippen LogP contribution in [0.2, 0.25) is 0 Å². The molecule has 1 aromatic rings. The van der Waals surface area contributed by atoms with Crippen molar-refractivity contribution in [1.82, 2.24) is 4.57 Å². The summed E-state index contributed by atoms with van der Waals surface area (Å²) in [6.07, 6.45) is 4.60. The van der Waals surface area contributed by atoms with Crippen LogP contribution in [0.15, 0.2) is 21.7 Å². The first-order valence-corrected chi connectivity index (χ1v) is 8.39. The second-order valence-electron chi connectivity index (χ2n) is 6.13. The number of allylic oxidation sites excluding steroid dienone is 1. The first-order chi connectivity index (χ1) is 10.1. The molecule has 1 saturated carbocycles. The lowest BCUT2D eigenvalue weighted by atomic mass is 10.0. The van der Waals surface area contributed by atoms with Crippen molar-refractivity contribution in [2.45, 2.75) is 33.0 Å². The summed E-state index contributed by atoms with van der Waals surface area (Å²) in [6.45, 7) is 4.08. The summed E-state index contributed by atoms with van der Waals surface area (Å²) in [5, 5.41) is 0. The smallest absolute Gasteiger partial charge is 0.332 e. The van der Waals surface area contributed by atoms with Crippen molar-refractivity contribution in [2.24, 2.45) is 17.3 Å². The van der Waals surface area contributed by atoms with Crippen molar-refractivity contribution in [3.8, 4) is 12.3 Å². The van der Waals surface area contributed by atoms with E-state index in [2.05, 4.69) is 51.6 Å². The molecule has 0 bridgehead atoms. The molecule has 0 spiro atoms. The van der Waals surface area contributed by atoms with Crippen LogP contribution in [0.5, 0.6) is 0 Å². The molecule has 0 unspecified atom stereocenters. The van der Waals surface area contributed by atoms with Gasteiger partial charge in [0.2, 0.25) is 0 Å². The van der Waals surface area contributed by atoms with Gasteiger partial charge in [-0.05, 0) is 67.2 Å². The van der Waals surface area contributed by atoms with Gasteiger partial charge in [-0.15, -0.1) is 6.42 Å². The lowest BCUT2D eigenvalue weighted by Crippen LogP contribution is -2.15. The molecule has 120 valence electrons. The zero-order valence-corrected chi connectivity index (χ0v) is 15.4. The van der Waals surface area contributed by atoms with Crippen LogP contribution in [-0.2, 0) is 19.1 Å². The first-order valence-electron chi connectivity index (χ1n) is 6.80. The van der Waals surface area contributed by atoms with Gasteiger partial charge in [-0.2, -0.15) is 13.2 Å². The zero-order chi connectivity index (χ0) is 16.7. The van der Waals surface area contributed by atoms with Crippen LogP contribution in [0, 0.1) is 29.6 Å². The van der Waals surface area contributed by atoms with Crippen molar-refractivity contribution in [3.05, 3.63) is 33.0 Å². The van der Waals surface area contributed by atoms with E-state index in [1.54, 1.807) is 6.07 Å². The molecule has 1 aromatic heterocycles. The highest BCUT2D eigenvalue weighted by molar-refractivity contribution is 9.28. The molecule has 0 aliphatic heterocycles. The fraction of sp³-hybridized carbons (Fsp3) is 0.500. The van der Waals surface area contributed by atoms with Crippen molar-refractivity contribution in [1.29, 1.82) is 0 Å². The molecule has 0 N–H and O–H groups in total. The second kappa shape index (κ2) is 6.09. The van der Waals surface area contributed by atoms with Gasteiger partial charge in [0.25, 0.3) is 0 Å². The summed E-state index contributed by atoms with van der Waals surface area (Å²) in [6, 6.07) is 1.54. The van der Waals surface area contributed by atoms with Gasteiger partial charge in [0.05, 0.1) is 9.94 Å². The fourth-order valence-corrected chi connectivity index (χ4v) is 3.71. The lowest BCUT2D eigenvalue weighted by Gasteiger charge is -2.13. The van der Waals surface area contributed by atoms with Crippen LogP contribution in [0.3, 0.4) is 0 Å². The van der Waals surface area contributed by atoms with Crippen LogP contribution >= 0.6 is 31.9 Å². The maximum atomic E-state index is 13.3. The molecule has 1 aliphatic carbocycles. The summed E-state index contributed by atoms with van der Waals surface area (Å²) in [7, 11) is 0. The summed E-state index contributed by atoms with van der Waals surface area (Å²) >= 11 is 6.64. The highest BCUT2D eigenvalue weighted by atomic mass is 79.9. The third-order valence-corrected chi connectivity index (χ3v) is 4.99. The Labute approximate surface area is 145 Å². The maximum Gasteiger partial charge on any atom is 0.431 e. The molecule has 6 heteroatoms. The van der Waals surface area contributed by atoms with Gasteiger partial charge in [-0.25, -0.2) is 0 Å². The van der Waals surface area contributed by atoms with Gasteiger partial charge >= 0.3 is 6.18 Å². The highest BCUT2D eigenvalue weighted by Crippen LogP contribution is 2.61. The van der Waals surface area contributed by atoms with Gasteiger partial charge in [0.15, 0.2) is 0 Å². The van der Waals surface area contributed by atoms with Crippen molar-refractivity contribution in [2.75, 3.05) is 0 Å². The highest BCUT2D eigenvalue weighted by Gasteiger charge is 2.56. The molecule has 0 radical (unpaired) electrons. The summed E-state index contributed by atoms with van der Waals surface area (Å²) in [5.74, 6) is 2.70. The molecular formula is C16H16Br2F3N. The number of hydrogen-bond donors (Lipinski definition) is 0. The van der Waals surface area contributed by atoms with E-state index in [0.29, 0.717) is 12.0 Å². The average Bonchev–Trinajstić information content (AvgIpc) is 2.72. The standard InChI is InChI=1S/C16H16Br2F3N/c1-4-6-22-7-5-10(14(22)16(19,20)21)8-11-12(9-13(17)18)15(11,2)3/h1,5,7,9,11-12H,6,8H2,2-3H3/t11-,12+/m1/s1. The van der Waals surface area contributed by atoms with Crippen molar-refractivity contribution in [3.63, 3.8) is 0 Å². The van der Waals surface area contributed by atoms with E-state index in [9.17, 15) is 13.2 Å². The fourth-order valence-electron chi connectivity index (χ4n) is 3.14. The van der Waals surface area contributed by atoms with E-state index in [1.807, 2.05) is 6.08 Å². The van der Waals surface area contributed by atoms with Gasteiger partial charge in [-0.1, -0.05) is 25.8 Å². The van der Waals surface area contributed by atoms with E-state index in [-0.39, 0.29) is 23.8 Å². The number of hydrogen-bond acceptors (Lipinski definition) is 0. The van der Waals surface area contributed by atoms with Gasteiger partial charge in [-0.3, -0.25) is 0 Å². The molecule has 22 heavy (non-hydrogen) atoms. The van der Waals surface area contributed by atoms with Crippen LogP contribution < -0.4 is 0 Å². The Balaban J connectivity index is 2.29. The first kappa shape index (κ1) is 17.7. The predicted octanol–water partition coefficient (Wildman–Crippen LogP) is 5.59. The van der Waals surface area contributed by atoms with Gasteiger partial charge in [0, 0.05) is 6.20 Å². The van der Waals surface area contributed by atoms with Gasteiger partial charge < -0.3 is 4.57 Å². The third kappa shape index (κ3) is 3.46. The average molecular weight is 439 g/mol. The van der Waals surface area contributed by atoms with Crippen LogP contribution in [-0.4, -0.2) is 4.57 Å². The molecule has 1 aliphatic rings. The summed E-state index contributed by atoms with van der Waals surface area (Å²) in [5.41, 5.74) is -0.305.